The first-order valence-electron chi connectivity index (χ1n) is 6.48. The Balaban J connectivity index is 1.75. The van der Waals surface area contributed by atoms with Crippen molar-refractivity contribution in [1.82, 2.24) is 9.80 Å². The van der Waals surface area contributed by atoms with Crippen molar-refractivity contribution in [2.24, 2.45) is 5.73 Å². The fraction of sp³-hybridized carbons (Fsp3) is 0.833. The van der Waals surface area contributed by atoms with Gasteiger partial charge >= 0.3 is 0 Å². The fourth-order valence-electron chi connectivity index (χ4n) is 2.55. The van der Waals surface area contributed by atoms with Gasteiger partial charge in [0.25, 0.3) is 0 Å². The van der Waals surface area contributed by atoms with Crippen LogP contribution in [0, 0.1) is 0 Å². The molecule has 2 heterocycles. The molecule has 0 aromatic rings. The normalized spacial score (nSPS) is 26.5. The van der Waals surface area contributed by atoms with E-state index in [1.54, 1.807) is 0 Å². The van der Waals surface area contributed by atoms with Crippen LogP contribution in [0.15, 0.2) is 0 Å². The molecule has 1 unspecified atom stereocenters. The Bertz CT molecular complexity index is 300. The van der Waals surface area contributed by atoms with Crippen LogP contribution >= 0.6 is 0 Å². The molecule has 2 aliphatic heterocycles. The van der Waals surface area contributed by atoms with E-state index >= 15 is 0 Å². The minimum absolute atomic E-state index is 0.0616. The maximum absolute atomic E-state index is 11.9. The highest BCUT2D eigenvalue weighted by Gasteiger charge is 2.31. The minimum atomic E-state index is -0.165. The number of carbonyl (C=O) groups is 2. The maximum atomic E-state index is 11.9. The molecule has 0 aromatic carbocycles. The van der Waals surface area contributed by atoms with Gasteiger partial charge in [-0.3, -0.25) is 14.5 Å². The Morgan fingerprint density at radius 3 is 2.59 bits per heavy atom. The molecule has 0 saturated carbocycles. The molecule has 96 valence electrons. The van der Waals surface area contributed by atoms with Gasteiger partial charge in [0.05, 0.1) is 0 Å². The molecule has 2 N–H and O–H groups in total. The monoisotopic (exact) mass is 239 g/mol. The zero-order valence-electron chi connectivity index (χ0n) is 10.2. The van der Waals surface area contributed by atoms with Crippen LogP contribution in [0.4, 0.5) is 0 Å². The molecule has 1 atom stereocenters. The van der Waals surface area contributed by atoms with Gasteiger partial charge in [0, 0.05) is 32.0 Å². The summed E-state index contributed by atoms with van der Waals surface area (Å²) in [5, 5.41) is 0. The number of nitrogens with zero attached hydrogens (tertiary/aromatic N) is 2. The second-order valence-electron chi connectivity index (χ2n) is 5.01. The molecule has 2 fully saturated rings. The number of piperidine rings is 1. The third kappa shape index (κ3) is 3.26. The van der Waals surface area contributed by atoms with Crippen molar-refractivity contribution < 1.29 is 9.59 Å². The van der Waals surface area contributed by atoms with E-state index in [-0.39, 0.29) is 17.9 Å². The second-order valence-corrected chi connectivity index (χ2v) is 5.01. The van der Waals surface area contributed by atoms with Gasteiger partial charge in [0.2, 0.25) is 11.8 Å². The second kappa shape index (κ2) is 5.60. The van der Waals surface area contributed by atoms with Crippen LogP contribution in [-0.4, -0.2) is 53.8 Å². The zero-order chi connectivity index (χ0) is 12.3. The molecule has 0 spiro atoms. The van der Waals surface area contributed by atoms with Crippen molar-refractivity contribution >= 4 is 11.8 Å². The van der Waals surface area contributed by atoms with E-state index in [1.165, 1.54) is 24.2 Å². The molecule has 2 saturated heterocycles. The summed E-state index contributed by atoms with van der Waals surface area (Å²) in [6.45, 7) is 3.34. The van der Waals surface area contributed by atoms with Crippen molar-refractivity contribution in [1.29, 1.82) is 0 Å². The minimum Gasteiger partial charge on any atom is -0.326 e. The van der Waals surface area contributed by atoms with E-state index in [0.717, 1.165) is 19.6 Å². The number of rotatable bonds is 3. The van der Waals surface area contributed by atoms with Gasteiger partial charge in [-0.05, 0) is 25.9 Å². The number of amides is 2. The SMILES string of the molecule is NC1CC(=O)N(C(=O)CCN2CCCCC2)C1. The third-order valence-corrected chi connectivity index (χ3v) is 3.55. The molecule has 5 nitrogen and oxygen atoms in total. The van der Waals surface area contributed by atoms with E-state index < -0.39 is 0 Å². The van der Waals surface area contributed by atoms with E-state index in [2.05, 4.69) is 4.90 Å². The standard InChI is InChI=1S/C12H21N3O2/c13-10-8-12(17)15(9-10)11(16)4-7-14-5-2-1-3-6-14/h10H,1-9,13H2. The Hall–Kier alpha value is -0.940. The van der Waals surface area contributed by atoms with Crippen molar-refractivity contribution in [2.75, 3.05) is 26.2 Å². The summed E-state index contributed by atoms with van der Waals surface area (Å²) >= 11 is 0. The van der Waals surface area contributed by atoms with Crippen molar-refractivity contribution in [3.8, 4) is 0 Å². The van der Waals surface area contributed by atoms with Crippen LogP contribution in [0.2, 0.25) is 0 Å². The summed E-state index contributed by atoms with van der Waals surface area (Å²) in [5.74, 6) is -0.172. The Kier molecular flexibility index (Phi) is 4.12. The molecule has 0 radical (unpaired) electrons. The van der Waals surface area contributed by atoms with Gasteiger partial charge in [0.15, 0.2) is 0 Å². The number of hydrogen-bond donors (Lipinski definition) is 1. The molecule has 0 bridgehead atoms. The summed E-state index contributed by atoms with van der Waals surface area (Å²) in [7, 11) is 0. The van der Waals surface area contributed by atoms with E-state index in [0.29, 0.717) is 19.4 Å². The zero-order valence-corrected chi connectivity index (χ0v) is 10.2. The third-order valence-electron chi connectivity index (χ3n) is 3.55. The molecular formula is C12H21N3O2. The highest BCUT2D eigenvalue weighted by Crippen LogP contribution is 2.12. The number of nitrogens with two attached hydrogens (primary N) is 1. The lowest BCUT2D eigenvalue weighted by atomic mass is 10.1. The molecule has 5 heteroatoms. The van der Waals surface area contributed by atoms with Crippen LogP contribution in [0.25, 0.3) is 0 Å². The van der Waals surface area contributed by atoms with Crippen molar-refractivity contribution in [2.45, 2.75) is 38.1 Å². The number of carbonyl (C=O) groups excluding carboxylic acids is 2. The van der Waals surface area contributed by atoms with Crippen LogP contribution in [0.3, 0.4) is 0 Å². The van der Waals surface area contributed by atoms with Gasteiger partial charge in [0.1, 0.15) is 0 Å². The lowest BCUT2D eigenvalue weighted by molar-refractivity contribution is -0.142. The molecule has 2 aliphatic rings. The smallest absolute Gasteiger partial charge is 0.230 e. The van der Waals surface area contributed by atoms with Crippen LogP contribution < -0.4 is 5.73 Å². The summed E-state index contributed by atoms with van der Waals surface area (Å²) in [5.41, 5.74) is 5.67. The first-order valence-corrected chi connectivity index (χ1v) is 6.48. The summed E-state index contributed by atoms with van der Waals surface area (Å²) in [4.78, 5) is 27.0. The topological polar surface area (TPSA) is 66.6 Å². The summed E-state index contributed by atoms with van der Waals surface area (Å²) < 4.78 is 0. The van der Waals surface area contributed by atoms with Crippen LogP contribution in [-0.2, 0) is 9.59 Å². The van der Waals surface area contributed by atoms with Gasteiger partial charge in [-0.1, -0.05) is 6.42 Å². The van der Waals surface area contributed by atoms with E-state index in [4.69, 9.17) is 5.73 Å². The lowest BCUT2D eigenvalue weighted by Gasteiger charge is -2.26. The van der Waals surface area contributed by atoms with E-state index in [1.807, 2.05) is 0 Å². The highest BCUT2D eigenvalue weighted by atomic mass is 16.2. The van der Waals surface area contributed by atoms with Gasteiger partial charge in [-0.25, -0.2) is 0 Å². The van der Waals surface area contributed by atoms with Gasteiger partial charge in [-0.15, -0.1) is 0 Å². The molecule has 17 heavy (non-hydrogen) atoms. The highest BCUT2D eigenvalue weighted by molar-refractivity contribution is 5.97. The fourth-order valence-corrected chi connectivity index (χ4v) is 2.55. The van der Waals surface area contributed by atoms with Crippen molar-refractivity contribution in [3.63, 3.8) is 0 Å². The lowest BCUT2D eigenvalue weighted by Crippen LogP contribution is -2.38. The predicted molar refractivity (Wildman–Crippen MR) is 64.2 cm³/mol. The predicted octanol–water partition coefficient (Wildman–Crippen LogP) is -0.0514. The van der Waals surface area contributed by atoms with Crippen LogP contribution in [0.5, 0.6) is 0 Å². The Morgan fingerprint density at radius 1 is 1.29 bits per heavy atom. The Labute approximate surface area is 102 Å². The molecule has 0 aromatic heterocycles. The van der Waals surface area contributed by atoms with Gasteiger partial charge in [-0.2, -0.15) is 0 Å². The number of hydrogen-bond acceptors (Lipinski definition) is 4. The van der Waals surface area contributed by atoms with Crippen LogP contribution in [0.1, 0.15) is 32.1 Å². The first kappa shape index (κ1) is 12.5. The maximum Gasteiger partial charge on any atom is 0.230 e. The molecular weight excluding hydrogens is 218 g/mol. The average molecular weight is 239 g/mol. The number of likely N-dealkylation sites (tertiary alicyclic amines) is 2. The molecule has 0 aliphatic carbocycles. The summed E-state index contributed by atoms with van der Waals surface area (Å²) in [6, 6.07) is -0.165. The molecule has 2 amide bonds. The quantitative estimate of drug-likeness (QED) is 0.750. The van der Waals surface area contributed by atoms with Crippen molar-refractivity contribution in [3.05, 3.63) is 0 Å². The Morgan fingerprint density at radius 2 is 2.00 bits per heavy atom. The summed E-state index contributed by atoms with van der Waals surface area (Å²) in [6.07, 6.45) is 4.50. The first-order chi connectivity index (χ1) is 8.16. The number of imide groups is 1. The largest absolute Gasteiger partial charge is 0.326 e. The van der Waals surface area contributed by atoms with Gasteiger partial charge < -0.3 is 10.6 Å². The molecule has 2 rings (SSSR count). The average Bonchev–Trinajstić information content (AvgIpc) is 2.67. The van der Waals surface area contributed by atoms with E-state index in [9.17, 15) is 9.59 Å².